The molecule has 3 rings (SSSR count). The summed E-state index contributed by atoms with van der Waals surface area (Å²) in [7, 11) is 0. The SMILES string of the molecule is CCC(CC)(CNC(=O)C1C2C3CCC(C3)C12)C(=O)O. The molecule has 112 valence electrons. The van der Waals surface area contributed by atoms with Crippen molar-refractivity contribution in [3.8, 4) is 0 Å². The first-order valence-electron chi connectivity index (χ1n) is 8.05. The predicted molar refractivity (Wildman–Crippen MR) is 75.0 cm³/mol. The van der Waals surface area contributed by atoms with E-state index in [4.69, 9.17) is 0 Å². The third-order valence-electron chi connectivity index (χ3n) is 6.45. The quantitative estimate of drug-likeness (QED) is 0.784. The fourth-order valence-corrected chi connectivity index (χ4v) is 4.93. The van der Waals surface area contributed by atoms with E-state index in [1.54, 1.807) is 0 Å². The highest BCUT2D eigenvalue weighted by molar-refractivity contribution is 5.84. The van der Waals surface area contributed by atoms with Crippen LogP contribution < -0.4 is 5.32 Å². The van der Waals surface area contributed by atoms with Gasteiger partial charge in [-0.05, 0) is 55.8 Å². The largest absolute Gasteiger partial charge is 0.481 e. The summed E-state index contributed by atoms with van der Waals surface area (Å²) in [4.78, 5) is 23.8. The molecular weight excluding hydrogens is 254 g/mol. The highest BCUT2D eigenvalue weighted by Gasteiger charge is 2.67. The standard InChI is InChI=1S/C16H25NO3/c1-3-16(4-2,15(19)20)8-17-14(18)13-11-9-5-6-10(7-9)12(11)13/h9-13H,3-8H2,1-2H3,(H,17,18)(H,19,20). The second-order valence-electron chi connectivity index (χ2n) is 7.02. The molecule has 20 heavy (non-hydrogen) atoms. The molecule has 3 fully saturated rings. The molecule has 3 aliphatic rings. The molecule has 0 heterocycles. The number of carboxylic acid groups (broad SMARTS) is 1. The van der Waals surface area contributed by atoms with E-state index < -0.39 is 11.4 Å². The van der Waals surface area contributed by atoms with Crippen LogP contribution in [0.3, 0.4) is 0 Å². The van der Waals surface area contributed by atoms with Crippen LogP contribution in [-0.2, 0) is 9.59 Å². The lowest BCUT2D eigenvalue weighted by atomic mass is 9.82. The first-order valence-corrected chi connectivity index (χ1v) is 8.05. The first-order chi connectivity index (χ1) is 9.54. The monoisotopic (exact) mass is 279 g/mol. The average molecular weight is 279 g/mol. The van der Waals surface area contributed by atoms with E-state index in [9.17, 15) is 14.7 Å². The minimum absolute atomic E-state index is 0.115. The second-order valence-corrected chi connectivity index (χ2v) is 7.02. The molecule has 0 spiro atoms. The van der Waals surface area contributed by atoms with Crippen LogP contribution in [0.2, 0.25) is 0 Å². The number of carbonyl (C=O) groups excluding carboxylic acids is 1. The van der Waals surface area contributed by atoms with Crippen molar-refractivity contribution in [3.05, 3.63) is 0 Å². The molecule has 2 bridgehead atoms. The van der Waals surface area contributed by atoms with Crippen molar-refractivity contribution < 1.29 is 14.7 Å². The summed E-state index contributed by atoms with van der Waals surface area (Å²) in [5, 5.41) is 12.3. The van der Waals surface area contributed by atoms with E-state index in [1.807, 2.05) is 13.8 Å². The Labute approximate surface area is 120 Å². The number of hydrogen-bond donors (Lipinski definition) is 2. The van der Waals surface area contributed by atoms with Gasteiger partial charge in [0.15, 0.2) is 0 Å². The summed E-state index contributed by atoms with van der Waals surface area (Å²) < 4.78 is 0. The maximum atomic E-state index is 12.3. The summed E-state index contributed by atoms with van der Waals surface area (Å²) >= 11 is 0. The molecule has 1 amide bonds. The Kier molecular flexibility index (Phi) is 3.30. The molecule has 4 atom stereocenters. The molecule has 4 nitrogen and oxygen atoms in total. The molecular formula is C16H25NO3. The summed E-state index contributed by atoms with van der Waals surface area (Å²) in [6, 6.07) is 0. The Bertz CT molecular complexity index is 413. The number of carboxylic acids is 1. The van der Waals surface area contributed by atoms with Crippen molar-refractivity contribution in [1.82, 2.24) is 5.32 Å². The molecule has 3 saturated carbocycles. The number of amides is 1. The summed E-state index contributed by atoms with van der Waals surface area (Å²) in [6.07, 6.45) is 5.06. The fourth-order valence-electron chi connectivity index (χ4n) is 4.93. The fraction of sp³-hybridized carbons (Fsp3) is 0.875. The van der Waals surface area contributed by atoms with Crippen LogP contribution in [-0.4, -0.2) is 23.5 Å². The van der Waals surface area contributed by atoms with E-state index in [-0.39, 0.29) is 18.4 Å². The molecule has 3 aliphatic carbocycles. The Balaban J connectivity index is 1.57. The normalized spacial score (nSPS) is 37.6. The highest BCUT2D eigenvalue weighted by Crippen LogP contribution is 2.69. The number of fused-ring (bicyclic) bond motifs is 5. The highest BCUT2D eigenvalue weighted by atomic mass is 16.4. The van der Waals surface area contributed by atoms with Gasteiger partial charge in [0, 0.05) is 12.5 Å². The predicted octanol–water partition coefficient (Wildman–Crippen LogP) is 2.29. The molecule has 4 heteroatoms. The maximum Gasteiger partial charge on any atom is 0.311 e. The molecule has 2 N–H and O–H groups in total. The van der Waals surface area contributed by atoms with Gasteiger partial charge in [0.1, 0.15) is 0 Å². The van der Waals surface area contributed by atoms with Crippen molar-refractivity contribution in [2.75, 3.05) is 6.54 Å². The number of hydrogen-bond acceptors (Lipinski definition) is 2. The van der Waals surface area contributed by atoms with Gasteiger partial charge >= 0.3 is 5.97 Å². The lowest BCUT2D eigenvalue weighted by molar-refractivity contribution is -0.149. The summed E-state index contributed by atoms with van der Waals surface area (Å²) in [5.41, 5.74) is -0.793. The van der Waals surface area contributed by atoms with E-state index in [2.05, 4.69) is 5.32 Å². The number of nitrogens with one attached hydrogen (secondary N) is 1. The average Bonchev–Trinajstić information content (AvgIpc) is 2.88. The van der Waals surface area contributed by atoms with E-state index in [0.717, 1.165) is 11.8 Å². The minimum atomic E-state index is -0.793. The lowest BCUT2D eigenvalue weighted by Crippen LogP contribution is -2.43. The van der Waals surface area contributed by atoms with Crippen LogP contribution in [0, 0.1) is 35.0 Å². The number of carbonyl (C=O) groups is 2. The van der Waals surface area contributed by atoms with Crippen molar-refractivity contribution >= 4 is 11.9 Å². The van der Waals surface area contributed by atoms with Gasteiger partial charge in [-0.3, -0.25) is 9.59 Å². The lowest BCUT2D eigenvalue weighted by Gasteiger charge is -2.27. The number of rotatable bonds is 6. The number of aliphatic carboxylic acids is 1. The summed E-state index contributed by atoms with van der Waals surface area (Å²) in [6.45, 7) is 4.05. The zero-order chi connectivity index (χ0) is 14.5. The third kappa shape index (κ3) is 1.87. The Morgan fingerprint density at radius 3 is 2.15 bits per heavy atom. The van der Waals surface area contributed by atoms with E-state index in [0.29, 0.717) is 24.7 Å². The molecule has 4 unspecified atom stereocenters. The molecule has 0 saturated heterocycles. The Hall–Kier alpha value is -1.06. The molecule has 0 aromatic rings. The van der Waals surface area contributed by atoms with Gasteiger partial charge in [0.2, 0.25) is 5.91 Å². The van der Waals surface area contributed by atoms with Gasteiger partial charge in [-0.2, -0.15) is 0 Å². The minimum Gasteiger partial charge on any atom is -0.481 e. The Morgan fingerprint density at radius 1 is 1.15 bits per heavy atom. The second kappa shape index (κ2) is 4.74. The van der Waals surface area contributed by atoms with Gasteiger partial charge in [0.05, 0.1) is 5.41 Å². The smallest absolute Gasteiger partial charge is 0.311 e. The van der Waals surface area contributed by atoms with Gasteiger partial charge in [-0.25, -0.2) is 0 Å². The zero-order valence-corrected chi connectivity index (χ0v) is 12.4. The van der Waals surface area contributed by atoms with Gasteiger partial charge in [-0.15, -0.1) is 0 Å². The molecule has 0 aromatic carbocycles. The van der Waals surface area contributed by atoms with E-state index in [1.165, 1.54) is 19.3 Å². The van der Waals surface area contributed by atoms with Crippen LogP contribution in [0.5, 0.6) is 0 Å². The maximum absolute atomic E-state index is 12.3. The third-order valence-corrected chi connectivity index (χ3v) is 6.45. The zero-order valence-electron chi connectivity index (χ0n) is 12.4. The van der Waals surface area contributed by atoms with Crippen molar-refractivity contribution in [3.63, 3.8) is 0 Å². The summed E-state index contributed by atoms with van der Waals surface area (Å²) in [5.74, 6) is 2.32. The van der Waals surface area contributed by atoms with E-state index >= 15 is 0 Å². The molecule has 0 aromatic heterocycles. The van der Waals surface area contributed by atoms with Crippen molar-refractivity contribution in [2.45, 2.75) is 46.0 Å². The van der Waals surface area contributed by atoms with Crippen LogP contribution in [0.1, 0.15) is 46.0 Å². The Morgan fingerprint density at radius 2 is 1.70 bits per heavy atom. The van der Waals surface area contributed by atoms with Crippen molar-refractivity contribution in [2.24, 2.45) is 35.0 Å². The van der Waals surface area contributed by atoms with Crippen LogP contribution in [0.25, 0.3) is 0 Å². The van der Waals surface area contributed by atoms with Gasteiger partial charge in [-0.1, -0.05) is 13.8 Å². The van der Waals surface area contributed by atoms with Crippen LogP contribution in [0.15, 0.2) is 0 Å². The van der Waals surface area contributed by atoms with Gasteiger partial charge < -0.3 is 10.4 Å². The first kappa shape index (κ1) is 13.9. The van der Waals surface area contributed by atoms with Crippen molar-refractivity contribution in [1.29, 1.82) is 0 Å². The van der Waals surface area contributed by atoms with Crippen LogP contribution in [0.4, 0.5) is 0 Å². The molecule has 0 aliphatic heterocycles. The molecule has 0 radical (unpaired) electrons. The van der Waals surface area contributed by atoms with Gasteiger partial charge in [0.25, 0.3) is 0 Å². The van der Waals surface area contributed by atoms with Crippen LogP contribution >= 0.6 is 0 Å². The topological polar surface area (TPSA) is 66.4 Å².